The molecule has 1 aliphatic carbocycles. The van der Waals surface area contributed by atoms with E-state index in [-0.39, 0.29) is 0 Å². The molecule has 0 radical (unpaired) electrons. The molecule has 4 heteroatoms. The molecule has 3 aromatic rings. The molecule has 25 heavy (non-hydrogen) atoms. The zero-order valence-corrected chi connectivity index (χ0v) is 15.2. The zero-order chi connectivity index (χ0) is 17.6. The molecule has 0 saturated heterocycles. The maximum atomic E-state index is 12.8. The van der Waals surface area contributed by atoms with Gasteiger partial charge in [-0.05, 0) is 59.0 Å². The molecule has 1 aliphatic rings. The maximum absolute atomic E-state index is 12.8. The number of rotatable bonds is 4. The van der Waals surface area contributed by atoms with Gasteiger partial charge in [-0.15, -0.1) is 0 Å². The van der Waals surface area contributed by atoms with Crippen LogP contribution in [0.5, 0.6) is 0 Å². The van der Waals surface area contributed by atoms with Crippen LogP contribution in [0.1, 0.15) is 36.5 Å². The minimum atomic E-state index is -3.60. The molecule has 0 amide bonds. The van der Waals surface area contributed by atoms with Gasteiger partial charge in [-0.1, -0.05) is 50.2 Å². The number of aryl methyl sites for hydroxylation is 2. The van der Waals surface area contributed by atoms with Crippen molar-refractivity contribution < 1.29 is 8.42 Å². The van der Waals surface area contributed by atoms with Gasteiger partial charge in [0.25, 0.3) is 10.0 Å². The fraction of sp³-hybridized carbons (Fsp3) is 0.238. The van der Waals surface area contributed by atoms with Crippen molar-refractivity contribution in [3.63, 3.8) is 0 Å². The van der Waals surface area contributed by atoms with E-state index in [1.807, 2.05) is 36.4 Å². The van der Waals surface area contributed by atoms with Gasteiger partial charge in [0.05, 0.1) is 10.6 Å². The summed E-state index contributed by atoms with van der Waals surface area (Å²) in [5, 5.41) is 2.19. The van der Waals surface area contributed by atoms with Crippen LogP contribution in [0.4, 0.5) is 5.69 Å². The predicted octanol–water partition coefficient (Wildman–Crippen LogP) is 4.86. The molecule has 0 heterocycles. The van der Waals surface area contributed by atoms with Crippen molar-refractivity contribution in [2.45, 2.75) is 37.5 Å². The molecular weight excluding hydrogens is 330 g/mol. The molecule has 0 saturated carbocycles. The lowest BCUT2D eigenvalue weighted by atomic mass is 10.0. The van der Waals surface area contributed by atoms with E-state index in [1.54, 1.807) is 12.1 Å². The molecular formula is C21H21NO2S. The van der Waals surface area contributed by atoms with Crippen LogP contribution in [0.2, 0.25) is 0 Å². The number of hydrogen-bond acceptors (Lipinski definition) is 2. The van der Waals surface area contributed by atoms with Crippen LogP contribution < -0.4 is 4.72 Å². The minimum absolute atomic E-state index is 0.292. The first-order valence-electron chi connectivity index (χ1n) is 8.62. The van der Waals surface area contributed by atoms with E-state index in [4.69, 9.17) is 0 Å². The van der Waals surface area contributed by atoms with Gasteiger partial charge in [0, 0.05) is 5.39 Å². The molecule has 0 aromatic heterocycles. The van der Waals surface area contributed by atoms with Crippen molar-refractivity contribution in [1.29, 1.82) is 0 Å². The van der Waals surface area contributed by atoms with Gasteiger partial charge in [-0.2, -0.15) is 0 Å². The Hall–Kier alpha value is -2.33. The molecule has 3 nitrogen and oxygen atoms in total. The van der Waals surface area contributed by atoms with Crippen molar-refractivity contribution >= 4 is 26.5 Å². The van der Waals surface area contributed by atoms with Crippen LogP contribution in [-0.2, 0) is 22.9 Å². The largest absolute Gasteiger partial charge is 0.279 e. The predicted molar refractivity (Wildman–Crippen MR) is 103 cm³/mol. The Balaban J connectivity index is 1.74. The third-order valence-corrected chi connectivity index (χ3v) is 6.36. The van der Waals surface area contributed by atoms with Crippen molar-refractivity contribution in [2.75, 3.05) is 4.72 Å². The van der Waals surface area contributed by atoms with E-state index in [9.17, 15) is 8.42 Å². The second kappa shape index (κ2) is 5.88. The van der Waals surface area contributed by atoms with Crippen molar-refractivity contribution in [2.24, 2.45) is 0 Å². The van der Waals surface area contributed by atoms with E-state index in [1.165, 1.54) is 16.5 Å². The molecule has 0 aliphatic heterocycles. The van der Waals surface area contributed by atoms with Crippen molar-refractivity contribution in [3.8, 4) is 0 Å². The van der Waals surface area contributed by atoms with Gasteiger partial charge in [-0.3, -0.25) is 4.72 Å². The quantitative estimate of drug-likeness (QED) is 0.729. The van der Waals surface area contributed by atoms with Gasteiger partial charge < -0.3 is 0 Å². The molecule has 4 rings (SSSR count). The van der Waals surface area contributed by atoms with E-state index >= 15 is 0 Å². The van der Waals surface area contributed by atoms with Gasteiger partial charge in [0.1, 0.15) is 0 Å². The first-order valence-corrected chi connectivity index (χ1v) is 10.1. The Kier molecular flexibility index (Phi) is 3.80. The summed E-state index contributed by atoms with van der Waals surface area (Å²) in [5.41, 5.74) is 4.38. The summed E-state index contributed by atoms with van der Waals surface area (Å²) in [4.78, 5) is 0.292. The van der Waals surface area contributed by atoms with Gasteiger partial charge in [0.15, 0.2) is 0 Å². The highest BCUT2D eigenvalue weighted by Crippen LogP contribution is 2.35. The second-order valence-corrected chi connectivity index (χ2v) is 8.62. The van der Waals surface area contributed by atoms with E-state index in [0.717, 1.165) is 23.8 Å². The normalized spacial score (nSPS) is 13.6. The van der Waals surface area contributed by atoms with Crippen LogP contribution in [0.25, 0.3) is 10.8 Å². The molecule has 0 fully saturated rings. The van der Waals surface area contributed by atoms with E-state index in [2.05, 4.69) is 24.6 Å². The number of benzene rings is 3. The Morgan fingerprint density at radius 2 is 1.56 bits per heavy atom. The first-order chi connectivity index (χ1) is 12.0. The smallest absolute Gasteiger partial charge is 0.261 e. The molecule has 0 unspecified atom stereocenters. The highest BCUT2D eigenvalue weighted by molar-refractivity contribution is 7.92. The summed E-state index contributed by atoms with van der Waals surface area (Å²) in [5.74, 6) is 0.376. The minimum Gasteiger partial charge on any atom is -0.279 e. The zero-order valence-electron chi connectivity index (χ0n) is 14.4. The summed E-state index contributed by atoms with van der Waals surface area (Å²) in [7, 11) is -3.60. The van der Waals surface area contributed by atoms with Crippen LogP contribution >= 0.6 is 0 Å². The molecule has 3 aromatic carbocycles. The Labute approximate surface area is 148 Å². The van der Waals surface area contributed by atoms with E-state index in [0.29, 0.717) is 16.5 Å². The number of hydrogen-bond donors (Lipinski definition) is 1. The molecule has 0 spiro atoms. The summed E-state index contributed by atoms with van der Waals surface area (Å²) in [6.45, 7) is 4.18. The summed E-state index contributed by atoms with van der Waals surface area (Å²) >= 11 is 0. The summed E-state index contributed by atoms with van der Waals surface area (Å²) in [6.07, 6.45) is 2.05. The fourth-order valence-electron chi connectivity index (χ4n) is 3.57. The molecule has 0 bridgehead atoms. The van der Waals surface area contributed by atoms with E-state index < -0.39 is 10.0 Å². The number of sulfonamides is 1. The standard InChI is InChI=1S/C21H21NO2S/c1-14(2)15-8-11-18(12-9-15)25(23,24)22-20-13-10-17-7-6-16-4-3-5-19(20)21(16)17/h3-5,8-14,22H,6-7H2,1-2H3. The lowest BCUT2D eigenvalue weighted by Gasteiger charge is -2.13. The van der Waals surface area contributed by atoms with Crippen molar-refractivity contribution in [1.82, 2.24) is 0 Å². The van der Waals surface area contributed by atoms with Crippen LogP contribution in [0.3, 0.4) is 0 Å². The van der Waals surface area contributed by atoms with Gasteiger partial charge in [0.2, 0.25) is 0 Å². The summed E-state index contributed by atoms with van der Waals surface area (Å²) in [6, 6.07) is 17.2. The second-order valence-electron chi connectivity index (χ2n) is 6.94. The Morgan fingerprint density at radius 1 is 0.880 bits per heavy atom. The monoisotopic (exact) mass is 351 g/mol. The first kappa shape index (κ1) is 16.2. The third-order valence-electron chi connectivity index (χ3n) is 4.98. The molecule has 128 valence electrons. The highest BCUT2D eigenvalue weighted by Gasteiger charge is 2.19. The fourth-order valence-corrected chi connectivity index (χ4v) is 4.65. The van der Waals surface area contributed by atoms with Gasteiger partial charge in [-0.25, -0.2) is 8.42 Å². The lowest BCUT2D eigenvalue weighted by Crippen LogP contribution is -2.13. The molecule has 1 N–H and O–H groups in total. The van der Waals surface area contributed by atoms with Crippen LogP contribution in [0.15, 0.2) is 59.5 Å². The average Bonchev–Trinajstić information content (AvgIpc) is 3.02. The SMILES string of the molecule is CC(C)c1ccc(S(=O)(=O)Nc2ccc3c4c(cccc24)CC3)cc1. The highest BCUT2D eigenvalue weighted by atomic mass is 32.2. The Bertz CT molecular complexity index is 1040. The topological polar surface area (TPSA) is 46.2 Å². The maximum Gasteiger partial charge on any atom is 0.261 e. The van der Waals surface area contributed by atoms with Crippen LogP contribution in [-0.4, -0.2) is 8.42 Å². The van der Waals surface area contributed by atoms with Crippen LogP contribution in [0, 0.1) is 0 Å². The lowest BCUT2D eigenvalue weighted by molar-refractivity contribution is 0.601. The molecule has 0 atom stereocenters. The van der Waals surface area contributed by atoms with Gasteiger partial charge >= 0.3 is 0 Å². The number of anilines is 1. The summed E-state index contributed by atoms with van der Waals surface area (Å²) < 4.78 is 28.4. The Morgan fingerprint density at radius 3 is 2.24 bits per heavy atom. The average molecular weight is 351 g/mol. The van der Waals surface area contributed by atoms with Crippen molar-refractivity contribution in [3.05, 3.63) is 71.3 Å². The number of nitrogens with one attached hydrogen (secondary N) is 1. The third kappa shape index (κ3) is 2.81.